The molecule has 0 bridgehead atoms. The summed E-state index contributed by atoms with van der Waals surface area (Å²) in [6, 6.07) is 12.8. The number of pyridine rings is 1. The zero-order chi connectivity index (χ0) is 19.6. The van der Waals surface area contributed by atoms with Crippen molar-refractivity contribution in [1.82, 2.24) is 4.98 Å². The third kappa shape index (κ3) is 2.68. The summed E-state index contributed by atoms with van der Waals surface area (Å²) in [5, 5.41) is 1.37. The Labute approximate surface area is 162 Å². The predicted octanol–water partition coefficient (Wildman–Crippen LogP) is 4.72. The SMILES string of the molecule is Cc1c([Si](C)(C)C)cnc(-c2ccc3c(c2)-c2ccccc2S3(=O)=O)c1C. The minimum atomic E-state index is -3.42. The molecule has 3 aromatic rings. The number of fused-ring (bicyclic) bond motifs is 3. The Morgan fingerprint density at radius 2 is 1.52 bits per heavy atom. The molecule has 1 aliphatic heterocycles. The van der Waals surface area contributed by atoms with Crippen molar-refractivity contribution in [2.75, 3.05) is 0 Å². The molecule has 27 heavy (non-hydrogen) atoms. The summed E-state index contributed by atoms with van der Waals surface area (Å²) in [5.74, 6) is 0. The molecule has 3 nitrogen and oxygen atoms in total. The van der Waals surface area contributed by atoms with Crippen molar-refractivity contribution in [1.29, 1.82) is 0 Å². The molecular weight excluding hydrogens is 370 g/mol. The number of nitrogens with zero attached hydrogens (tertiary/aromatic N) is 1. The van der Waals surface area contributed by atoms with Crippen molar-refractivity contribution in [2.24, 2.45) is 0 Å². The van der Waals surface area contributed by atoms with Gasteiger partial charge in [0, 0.05) is 22.9 Å². The summed E-state index contributed by atoms with van der Waals surface area (Å²) in [4.78, 5) is 5.56. The molecule has 2 aromatic carbocycles. The van der Waals surface area contributed by atoms with Gasteiger partial charge in [0.15, 0.2) is 0 Å². The van der Waals surface area contributed by atoms with Gasteiger partial charge in [-0.2, -0.15) is 0 Å². The van der Waals surface area contributed by atoms with E-state index in [0.29, 0.717) is 9.79 Å². The van der Waals surface area contributed by atoms with Crippen molar-refractivity contribution >= 4 is 23.1 Å². The van der Waals surface area contributed by atoms with Crippen molar-refractivity contribution in [3.05, 3.63) is 59.8 Å². The molecule has 0 aliphatic carbocycles. The van der Waals surface area contributed by atoms with Gasteiger partial charge in [0.2, 0.25) is 9.84 Å². The topological polar surface area (TPSA) is 47.0 Å². The highest BCUT2D eigenvalue weighted by Gasteiger charge is 2.33. The van der Waals surface area contributed by atoms with Crippen molar-refractivity contribution < 1.29 is 8.42 Å². The predicted molar refractivity (Wildman–Crippen MR) is 113 cm³/mol. The normalized spacial score (nSPS) is 14.7. The second-order valence-corrected chi connectivity index (χ2v) is 15.2. The Morgan fingerprint density at radius 1 is 0.852 bits per heavy atom. The van der Waals surface area contributed by atoms with Crippen molar-refractivity contribution in [2.45, 2.75) is 43.3 Å². The number of hydrogen-bond acceptors (Lipinski definition) is 3. The summed E-state index contributed by atoms with van der Waals surface area (Å²) in [5.41, 5.74) is 5.91. The third-order valence-electron chi connectivity index (χ3n) is 5.46. The van der Waals surface area contributed by atoms with Crippen molar-refractivity contribution in [3.63, 3.8) is 0 Å². The van der Waals surface area contributed by atoms with E-state index in [9.17, 15) is 8.42 Å². The average molecular weight is 394 g/mol. The van der Waals surface area contributed by atoms with Crippen LogP contribution in [0, 0.1) is 13.8 Å². The van der Waals surface area contributed by atoms with E-state index in [0.717, 1.165) is 22.4 Å². The van der Waals surface area contributed by atoms with Gasteiger partial charge in [0.05, 0.1) is 23.6 Å². The van der Waals surface area contributed by atoms with Gasteiger partial charge < -0.3 is 0 Å². The molecular formula is C22H23NO2SSi. The van der Waals surface area contributed by atoms with E-state index in [-0.39, 0.29) is 0 Å². The van der Waals surface area contributed by atoms with Crippen LogP contribution in [0.25, 0.3) is 22.4 Å². The van der Waals surface area contributed by atoms with Gasteiger partial charge in [-0.25, -0.2) is 8.42 Å². The van der Waals surface area contributed by atoms with Crippen LogP contribution in [0.5, 0.6) is 0 Å². The summed E-state index contributed by atoms with van der Waals surface area (Å²) in [6.45, 7) is 11.3. The van der Waals surface area contributed by atoms with Crippen LogP contribution in [0.2, 0.25) is 19.6 Å². The zero-order valence-corrected chi connectivity index (χ0v) is 18.1. The largest absolute Gasteiger partial charge is 0.256 e. The Hall–Kier alpha value is -2.24. The molecule has 0 unspecified atom stereocenters. The minimum Gasteiger partial charge on any atom is -0.256 e. The van der Waals surface area contributed by atoms with E-state index >= 15 is 0 Å². The lowest BCUT2D eigenvalue weighted by molar-refractivity contribution is 0.598. The fourth-order valence-electron chi connectivity index (χ4n) is 3.91. The number of hydrogen-bond donors (Lipinski definition) is 0. The molecule has 0 atom stereocenters. The van der Waals surface area contributed by atoms with Gasteiger partial charge in [-0.15, -0.1) is 0 Å². The molecule has 0 amide bonds. The second kappa shape index (κ2) is 5.88. The molecule has 0 radical (unpaired) electrons. The van der Waals surface area contributed by atoms with E-state index in [1.807, 2.05) is 30.5 Å². The van der Waals surface area contributed by atoms with E-state index in [2.05, 4.69) is 33.5 Å². The van der Waals surface area contributed by atoms with Crippen LogP contribution in [0.15, 0.2) is 58.5 Å². The van der Waals surface area contributed by atoms with E-state index in [1.54, 1.807) is 18.2 Å². The minimum absolute atomic E-state index is 0.389. The Kier molecular flexibility index (Phi) is 3.95. The fourth-order valence-corrected chi connectivity index (χ4v) is 7.35. The zero-order valence-electron chi connectivity index (χ0n) is 16.3. The number of benzene rings is 2. The number of sulfone groups is 1. The van der Waals surface area contributed by atoms with Gasteiger partial charge in [0.25, 0.3) is 0 Å². The maximum absolute atomic E-state index is 12.8. The molecule has 0 N–H and O–H groups in total. The summed E-state index contributed by atoms with van der Waals surface area (Å²) in [6.07, 6.45) is 2.02. The van der Waals surface area contributed by atoms with Gasteiger partial charge in [-0.3, -0.25) is 4.98 Å². The van der Waals surface area contributed by atoms with Gasteiger partial charge >= 0.3 is 0 Å². The molecule has 0 saturated heterocycles. The number of aromatic nitrogens is 1. The standard InChI is InChI=1S/C22H23NO2SSi/c1-14-15(2)22(23-13-21(14)27(3,4)5)16-10-11-20-18(12-16)17-8-6-7-9-19(17)26(20,24)25/h6-13H,1-5H3. The summed E-state index contributed by atoms with van der Waals surface area (Å²) < 4.78 is 25.6. The average Bonchev–Trinajstić information content (AvgIpc) is 2.84. The lowest BCUT2D eigenvalue weighted by Crippen LogP contribution is -2.40. The monoisotopic (exact) mass is 393 g/mol. The fraction of sp³-hybridized carbons (Fsp3) is 0.227. The van der Waals surface area contributed by atoms with Crippen LogP contribution >= 0.6 is 0 Å². The van der Waals surface area contributed by atoms with E-state index in [1.165, 1.54) is 16.3 Å². The van der Waals surface area contributed by atoms with Gasteiger partial charge in [-0.05, 0) is 48.4 Å². The highest BCUT2D eigenvalue weighted by Crippen LogP contribution is 2.44. The van der Waals surface area contributed by atoms with Crippen LogP contribution in [-0.2, 0) is 9.84 Å². The molecule has 0 saturated carbocycles. The number of rotatable bonds is 2. The molecule has 2 heterocycles. The van der Waals surface area contributed by atoms with Crippen LogP contribution in [-0.4, -0.2) is 21.5 Å². The lowest BCUT2D eigenvalue weighted by atomic mass is 9.98. The van der Waals surface area contributed by atoms with Crippen LogP contribution in [0.1, 0.15) is 11.1 Å². The van der Waals surface area contributed by atoms with Crippen LogP contribution in [0.3, 0.4) is 0 Å². The maximum Gasteiger partial charge on any atom is 0.207 e. The highest BCUT2D eigenvalue weighted by molar-refractivity contribution is 7.92. The maximum atomic E-state index is 12.8. The Morgan fingerprint density at radius 3 is 2.22 bits per heavy atom. The summed E-state index contributed by atoms with van der Waals surface area (Å²) in [7, 11) is -4.88. The molecule has 0 fully saturated rings. The van der Waals surface area contributed by atoms with Crippen LogP contribution in [0.4, 0.5) is 0 Å². The van der Waals surface area contributed by atoms with E-state index in [4.69, 9.17) is 4.98 Å². The highest BCUT2D eigenvalue weighted by atomic mass is 32.2. The Balaban J connectivity index is 1.92. The molecule has 5 heteroatoms. The third-order valence-corrected chi connectivity index (χ3v) is 9.45. The first-order valence-electron chi connectivity index (χ1n) is 9.08. The van der Waals surface area contributed by atoms with Crippen molar-refractivity contribution in [3.8, 4) is 22.4 Å². The molecule has 1 aromatic heterocycles. The van der Waals surface area contributed by atoms with E-state index < -0.39 is 17.9 Å². The lowest BCUT2D eigenvalue weighted by Gasteiger charge is -2.22. The van der Waals surface area contributed by atoms with Gasteiger partial charge in [0.1, 0.15) is 0 Å². The van der Waals surface area contributed by atoms with Gasteiger partial charge in [-0.1, -0.05) is 43.9 Å². The first kappa shape index (κ1) is 18.1. The quantitative estimate of drug-likeness (QED) is 0.463. The molecule has 1 aliphatic rings. The summed E-state index contributed by atoms with van der Waals surface area (Å²) >= 11 is 0. The smallest absolute Gasteiger partial charge is 0.207 e. The molecule has 4 rings (SSSR count). The first-order chi connectivity index (χ1) is 12.6. The molecule has 0 spiro atoms. The second-order valence-electron chi connectivity index (χ2n) is 8.23. The first-order valence-corrected chi connectivity index (χ1v) is 14.1. The molecule has 138 valence electrons. The van der Waals surface area contributed by atoms with Crippen LogP contribution < -0.4 is 5.19 Å². The Bertz CT molecular complexity index is 1190.